The molecule has 2 aliphatic rings. The minimum Gasteiger partial charge on any atom is -0.551 e. The Labute approximate surface area is 290 Å². The van der Waals surface area contributed by atoms with E-state index in [1.807, 2.05) is 0 Å². The Balaban J connectivity index is 1.30. The molecule has 7 aromatic carbocycles. The lowest BCUT2D eigenvalue weighted by Crippen LogP contribution is -2.77. The Morgan fingerprint density at radius 3 is 1.65 bits per heavy atom. The summed E-state index contributed by atoms with van der Waals surface area (Å²) < 4.78 is 6.86. The lowest BCUT2D eigenvalue weighted by molar-refractivity contribution is 0.590. The van der Waals surface area contributed by atoms with Crippen molar-refractivity contribution in [2.75, 3.05) is 4.90 Å². The first kappa shape index (κ1) is 29.6. The van der Waals surface area contributed by atoms with Gasteiger partial charge in [-0.1, -0.05) is 150 Å². The number of hydrogen-bond donors (Lipinski definition) is 0. The summed E-state index contributed by atoms with van der Waals surface area (Å²) in [5.74, 6) is 0.926. The molecule has 0 saturated heterocycles. The van der Waals surface area contributed by atoms with Gasteiger partial charge in [-0.15, -0.1) is 0 Å². The highest BCUT2D eigenvalue weighted by Gasteiger charge is 2.48. The van der Waals surface area contributed by atoms with Gasteiger partial charge in [0.25, 0.3) is 0 Å². The third-order valence-electron chi connectivity index (χ3n) is 10.5. The second-order valence-electron chi connectivity index (χ2n) is 13.4. The van der Waals surface area contributed by atoms with Crippen LogP contribution < -0.4 is 41.2 Å². The number of aryl methyl sites for hydroxylation is 3. The van der Waals surface area contributed by atoms with Crippen molar-refractivity contribution in [2.45, 2.75) is 20.8 Å². The van der Waals surface area contributed by atoms with Crippen LogP contribution in [0.25, 0.3) is 11.1 Å². The first-order valence-corrected chi connectivity index (χ1v) is 19.1. The first-order valence-electron chi connectivity index (χ1n) is 17.1. The third kappa shape index (κ3) is 4.48. The Kier molecular flexibility index (Phi) is 6.96. The van der Waals surface area contributed by atoms with Gasteiger partial charge in [-0.3, -0.25) is 0 Å². The van der Waals surface area contributed by atoms with E-state index in [-0.39, 0.29) is 6.92 Å². The number of nitrogens with zero attached hydrogens (tertiary/aromatic N) is 1. The maximum absolute atomic E-state index is 6.86. The van der Waals surface area contributed by atoms with Gasteiger partial charge in [0.2, 0.25) is 0 Å². The van der Waals surface area contributed by atoms with E-state index in [0.717, 1.165) is 17.0 Å². The van der Waals surface area contributed by atoms with Crippen LogP contribution in [0.4, 0.5) is 17.1 Å². The molecule has 234 valence electrons. The predicted molar refractivity (Wildman–Crippen MR) is 210 cm³/mol. The molecule has 0 aliphatic carbocycles. The van der Waals surface area contributed by atoms with Crippen molar-refractivity contribution in [2.24, 2.45) is 0 Å². The highest BCUT2D eigenvalue weighted by Crippen LogP contribution is 2.41. The van der Waals surface area contributed by atoms with Crippen molar-refractivity contribution < 1.29 is 4.65 Å². The molecule has 2 heterocycles. The van der Waals surface area contributed by atoms with Crippen molar-refractivity contribution in [3.05, 3.63) is 180 Å². The van der Waals surface area contributed by atoms with E-state index in [1.165, 1.54) is 65.3 Å². The van der Waals surface area contributed by atoms with Crippen LogP contribution >= 0.6 is 0 Å². The summed E-state index contributed by atoms with van der Waals surface area (Å²) in [5.41, 5.74) is 12.2. The van der Waals surface area contributed by atoms with Crippen molar-refractivity contribution in [1.29, 1.82) is 0 Å². The van der Waals surface area contributed by atoms with Crippen LogP contribution in [0.15, 0.2) is 164 Å². The molecule has 9 rings (SSSR count). The molecule has 4 heteroatoms. The van der Waals surface area contributed by atoms with Crippen molar-refractivity contribution in [3.63, 3.8) is 0 Å². The van der Waals surface area contributed by atoms with Crippen molar-refractivity contribution >= 4 is 63.7 Å². The molecule has 0 amide bonds. The predicted octanol–water partition coefficient (Wildman–Crippen LogP) is 6.94. The topological polar surface area (TPSA) is 12.5 Å². The van der Waals surface area contributed by atoms with Crippen molar-refractivity contribution in [1.82, 2.24) is 0 Å². The summed E-state index contributed by atoms with van der Waals surface area (Å²) in [5, 5.41) is 5.58. The zero-order valence-corrected chi connectivity index (χ0v) is 29.0. The van der Waals surface area contributed by atoms with Gasteiger partial charge in [-0.2, -0.15) is 0 Å². The third-order valence-corrected chi connectivity index (χ3v) is 15.4. The minimum absolute atomic E-state index is 0.184. The van der Waals surface area contributed by atoms with Crippen LogP contribution in [0.2, 0.25) is 0 Å². The quantitative estimate of drug-likeness (QED) is 0.193. The Bertz CT molecular complexity index is 2260. The van der Waals surface area contributed by atoms with E-state index in [2.05, 4.69) is 189 Å². The fourth-order valence-corrected chi connectivity index (χ4v) is 13.7. The lowest BCUT2D eigenvalue weighted by atomic mass is 9.50. The van der Waals surface area contributed by atoms with Gasteiger partial charge in [0.15, 0.2) is 8.07 Å². The molecule has 2 aliphatic heterocycles. The summed E-state index contributed by atoms with van der Waals surface area (Å²) in [6.45, 7) is 6.41. The Morgan fingerprint density at radius 2 is 1.04 bits per heavy atom. The van der Waals surface area contributed by atoms with E-state index in [4.69, 9.17) is 4.65 Å². The maximum atomic E-state index is 6.86. The summed E-state index contributed by atoms with van der Waals surface area (Å²) in [6.07, 6.45) is 0. The average Bonchev–Trinajstić information content (AvgIpc) is 3.14. The molecule has 0 saturated carbocycles. The first-order chi connectivity index (χ1) is 24.1. The van der Waals surface area contributed by atoms with E-state index in [1.54, 1.807) is 0 Å². The van der Waals surface area contributed by atoms with Gasteiger partial charge in [0.1, 0.15) is 5.75 Å². The normalized spacial score (nSPS) is 13.9. The summed E-state index contributed by atoms with van der Waals surface area (Å²) in [4.78, 5) is 2.50. The Morgan fingerprint density at radius 1 is 0.510 bits per heavy atom. The standard InChI is InChI=1S/C45H36BNOSi/c1-31-28-32(2)45(33(3)29-31)46-39-27-26-34(30-38(39)37-20-10-13-23-42(37)48-46)47-40-21-11-14-24-43(40)49(35-16-6-4-7-17-35,36-18-8-5-9-19-36)44-25-15-12-22-41(44)47/h4-30H,1-3H3. The monoisotopic (exact) mass is 645 g/mol. The van der Waals surface area contributed by atoms with Gasteiger partial charge in [0.05, 0.1) is 0 Å². The molecule has 0 unspecified atom stereocenters. The summed E-state index contributed by atoms with van der Waals surface area (Å²) in [7, 11) is -2.67. The molecular weight excluding hydrogens is 609 g/mol. The second kappa shape index (κ2) is 11.5. The summed E-state index contributed by atoms with van der Waals surface area (Å²) >= 11 is 0. The number of anilines is 3. The largest absolute Gasteiger partial charge is 0.551 e. The van der Waals surface area contributed by atoms with Crippen LogP contribution in [0, 0.1) is 20.8 Å². The molecule has 0 radical (unpaired) electrons. The Hall–Kier alpha value is -5.58. The number of hydrogen-bond acceptors (Lipinski definition) is 2. The molecule has 0 fully saturated rings. The second-order valence-corrected chi connectivity index (χ2v) is 17.2. The van der Waals surface area contributed by atoms with Crippen LogP contribution in [0.1, 0.15) is 16.7 Å². The van der Waals surface area contributed by atoms with E-state index in [9.17, 15) is 0 Å². The van der Waals surface area contributed by atoms with E-state index >= 15 is 0 Å². The van der Waals surface area contributed by atoms with Crippen LogP contribution in [0.5, 0.6) is 5.75 Å². The molecule has 0 atom stereocenters. The molecular formula is C45H36BNOSi. The number of para-hydroxylation sites is 3. The smallest absolute Gasteiger partial charge is 0.427 e. The molecule has 7 aromatic rings. The summed E-state index contributed by atoms with van der Waals surface area (Å²) in [6, 6.07) is 60.7. The number of benzene rings is 7. The molecule has 0 N–H and O–H groups in total. The van der Waals surface area contributed by atoms with E-state index in [0.29, 0.717) is 0 Å². The van der Waals surface area contributed by atoms with Crippen molar-refractivity contribution in [3.8, 4) is 16.9 Å². The highest BCUT2D eigenvalue weighted by atomic mass is 28.3. The van der Waals surface area contributed by atoms with Crippen LogP contribution in [0.3, 0.4) is 0 Å². The molecule has 49 heavy (non-hydrogen) atoms. The van der Waals surface area contributed by atoms with Crippen LogP contribution in [-0.2, 0) is 0 Å². The van der Waals surface area contributed by atoms with Gasteiger partial charge >= 0.3 is 6.92 Å². The van der Waals surface area contributed by atoms with E-state index < -0.39 is 8.07 Å². The average molecular weight is 646 g/mol. The lowest BCUT2D eigenvalue weighted by Gasteiger charge is -2.45. The zero-order chi connectivity index (χ0) is 33.1. The molecule has 0 aromatic heterocycles. The highest BCUT2D eigenvalue weighted by molar-refractivity contribution is 7.21. The fraction of sp³-hybridized carbons (Fsp3) is 0.0667. The van der Waals surface area contributed by atoms with Gasteiger partial charge in [-0.05, 0) is 88.3 Å². The maximum Gasteiger partial charge on any atom is 0.427 e. The van der Waals surface area contributed by atoms with Crippen LogP contribution in [-0.4, -0.2) is 15.0 Å². The zero-order valence-electron chi connectivity index (χ0n) is 28.0. The fourth-order valence-electron chi connectivity index (χ4n) is 8.64. The van der Waals surface area contributed by atoms with Gasteiger partial charge in [0, 0.05) is 22.6 Å². The molecule has 2 nitrogen and oxygen atoms in total. The number of fused-ring (bicyclic) bond motifs is 5. The molecule has 0 spiro atoms. The SMILES string of the molecule is Cc1cc(C)c(B2Oc3ccccc3-c3cc(N4c5ccccc5[Si](c5ccccc5)(c5ccccc5)c5ccccc54)ccc32)c(C)c1. The van der Waals surface area contributed by atoms with Gasteiger partial charge in [-0.25, -0.2) is 0 Å². The minimum atomic E-state index is -2.67. The van der Waals surface area contributed by atoms with Gasteiger partial charge < -0.3 is 9.55 Å². The molecule has 0 bridgehead atoms. The number of rotatable bonds is 4.